The van der Waals surface area contributed by atoms with Gasteiger partial charge in [0.25, 0.3) is 0 Å². The van der Waals surface area contributed by atoms with Crippen molar-refractivity contribution in [2.75, 3.05) is 32.7 Å². The Morgan fingerprint density at radius 1 is 1.43 bits per heavy atom. The second-order valence-corrected chi connectivity index (χ2v) is 4.09. The molecule has 0 amide bonds. The predicted molar refractivity (Wildman–Crippen MR) is 50.1 cm³/mol. The van der Waals surface area contributed by atoms with Gasteiger partial charge in [0.15, 0.2) is 6.10 Å². The molecule has 5 nitrogen and oxygen atoms in total. The van der Waals surface area contributed by atoms with Crippen molar-refractivity contribution >= 4 is 5.97 Å². The fourth-order valence-corrected chi connectivity index (χ4v) is 2.31. The first-order chi connectivity index (χ1) is 6.66. The van der Waals surface area contributed by atoms with Crippen LogP contribution in [0.5, 0.6) is 0 Å². The zero-order chi connectivity index (χ0) is 10.1. The molecular weight excluding hydrogens is 184 g/mol. The number of aliphatic hydroxyl groups excluding tert-OH is 1. The first kappa shape index (κ1) is 9.89. The fraction of sp³-hybridized carbons (Fsp3) is 0.889. The van der Waals surface area contributed by atoms with Crippen LogP contribution < -0.4 is 0 Å². The average molecular weight is 200 g/mol. The highest BCUT2D eigenvalue weighted by atomic mass is 16.4. The Hall–Kier alpha value is -0.650. The average Bonchev–Trinajstić information content (AvgIpc) is 2.53. The highest BCUT2D eigenvalue weighted by Gasteiger charge is 2.33. The Balaban J connectivity index is 1.88. The van der Waals surface area contributed by atoms with Gasteiger partial charge in [0.1, 0.15) is 0 Å². The van der Waals surface area contributed by atoms with Gasteiger partial charge in [-0.25, -0.2) is 4.79 Å². The van der Waals surface area contributed by atoms with Crippen molar-refractivity contribution in [3.8, 4) is 0 Å². The Morgan fingerprint density at radius 2 is 2.21 bits per heavy atom. The first-order valence-corrected chi connectivity index (χ1v) is 5.04. The van der Waals surface area contributed by atoms with Crippen LogP contribution in [0.3, 0.4) is 0 Å². The molecule has 5 heteroatoms. The summed E-state index contributed by atoms with van der Waals surface area (Å²) in [6.45, 7) is 4.31. The Morgan fingerprint density at radius 3 is 2.93 bits per heavy atom. The van der Waals surface area contributed by atoms with Gasteiger partial charge in [-0.15, -0.1) is 0 Å². The first-order valence-electron chi connectivity index (χ1n) is 5.04. The summed E-state index contributed by atoms with van der Waals surface area (Å²) in [7, 11) is 0. The van der Waals surface area contributed by atoms with E-state index in [1.807, 2.05) is 0 Å². The third-order valence-corrected chi connectivity index (χ3v) is 3.16. The van der Waals surface area contributed by atoms with Crippen molar-refractivity contribution < 1.29 is 15.0 Å². The van der Waals surface area contributed by atoms with E-state index in [1.165, 1.54) is 0 Å². The zero-order valence-electron chi connectivity index (χ0n) is 8.09. The lowest BCUT2D eigenvalue weighted by atomic mass is 10.2. The number of hydrogen-bond donors (Lipinski definition) is 2. The van der Waals surface area contributed by atoms with Crippen LogP contribution >= 0.6 is 0 Å². The van der Waals surface area contributed by atoms with E-state index in [1.54, 1.807) is 0 Å². The molecule has 2 rings (SSSR count). The van der Waals surface area contributed by atoms with Crippen LogP contribution in [0.2, 0.25) is 0 Å². The molecule has 0 aromatic rings. The second kappa shape index (κ2) is 3.84. The van der Waals surface area contributed by atoms with Crippen molar-refractivity contribution in [2.24, 2.45) is 0 Å². The van der Waals surface area contributed by atoms with Crippen LogP contribution in [0.15, 0.2) is 0 Å². The van der Waals surface area contributed by atoms with Gasteiger partial charge in [-0.05, 0) is 13.0 Å². The summed E-state index contributed by atoms with van der Waals surface area (Å²) in [5.41, 5.74) is 0. The molecule has 3 unspecified atom stereocenters. The maximum Gasteiger partial charge on any atom is 0.333 e. The van der Waals surface area contributed by atoms with Crippen molar-refractivity contribution in [2.45, 2.75) is 18.6 Å². The molecule has 0 aromatic heterocycles. The quantitative estimate of drug-likeness (QED) is 0.600. The molecule has 0 aromatic carbocycles. The number of carboxylic acids is 1. The van der Waals surface area contributed by atoms with E-state index >= 15 is 0 Å². The fourth-order valence-electron chi connectivity index (χ4n) is 2.31. The van der Waals surface area contributed by atoms with Crippen LogP contribution in [0, 0.1) is 0 Å². The molecule has 14 heavy (non-hydrogen) atoms. The minimum Gasteiger partial charge on any atom is -0.479 e. The number of rotatable bonds is 3. The number of carbonyl (C=O) groups is 1. The number of aliphatic hydroxyl groups is 1. The van der Waals surface area contributed by atoms with Crippen molar-refractivity contribution in [1.82, 2.24) is 9.80 Å². The molecule has 3 atom stereocenters. The maximum atomic E-state index is 10.5. The van der Waals surface area contributed by atoms with Crippen molar-refractivity contribution in [3.63, 3.8) is 0 Å². The second-order valence-electron chi connectivity index (χ2n) is 4.09. The number of nitrogens with zero attached hydrogens (tertiary/aromatic N) is 2. The number of piperazine rings is 1. The molecule has 0 aliphatic carbocycles. The van der Waals surface area contributed by atoms with Gasteiger partial charge in [-0.1, -0.05) is 0 Å². The molecular formula is C9H16N2O3. The molecule has 2 heterocycles. The molecule has 0 saturated carbocycles. The van der Waals surface area contributed by atoms with E-state index in [9.17, 15) is 9.90 Å². The molecule has 2 saturated heterocycles. The van der Waals surface area contributed by atoms with E-state index in [2.05, 4.69) is 9.80 Å². The summed E-state index contributed by atoms with van der Waals surface area (Å²) >= 11 is 0. The summed E-state index contributed by atoms with van der Waals surface area (Å²) in [6, 6.07) is 0.456. The van der Waals surface area contributed by atoms with Gasteiger partial charge in [0.2, 0.25) is 0 Å². The summed E-state index contributed by atoms with van der Waals surface area (Å²) in [4.78, 5) is 15.0. The van der Waals surface area contributed by atoms with Gasteiger partial charge in [-0.3, -0.25) is 4.90 Å². The lowest BCUT2D eigenvalue weighted by Crippen LogP contribution is -2.50. The molecule has 80 valence electrons. The largest absolute Gasteiger partial charge is 0.479 e. The topological polar surface area (TPSA) is 64.0 Å². The normalized spacial score (nSPS) is 34.4. The monoisotopic (exact) mass is 200 g/mol. The van der Waals surface area contributed by atoms with E-state index in [4.69, 9.17) is 5.11 Å². The predicted octanol–water partition coefficient (Wildman–Crippen LogP) is -1.18. The molecule has 0 radical (unpaired) electrons. The summed E-state index contributed by atoms with van der Waals surface area (Å²) < 4.78 is 0. The van der Waals surface area contributed by atoms with Gasteiger partial charge < -0.3 is 15.1 Å². The lowest BCUT2D eigenvalue weighted by molar-refractivity contribution is -0.148. The Kier molecular flexibility index (Phi) is 2.71. The van der Waals surface area contributed by atoms with Crippen molar-refractivity contribution in [3.05, 3.63) is 0 Å². The highest BCUT2D eigenvalue weighted by molar-refractivity contribution is 5.72. The van der Waals surface area contributed by atoms with E-state index < -0.39 is 12.1 Å². The van der Waals surface area contributed by atoms with E-state index in [0.717, 1.165) is 32.6 Å². The lowest BCUT2D eigenvalue weighted by Gasteiger charge is -2.34. The molecule has 2 aliphatic rings. The van der Waals surface area contributed by atoms with Crippen LogP contribution in [-0.2, 0) is 4.79 Å². The van der Waals surface area contributed by atoms with Gasteiger partial charge in [0, 0.05) is 32.2 Å². The Bertz CT molecular complexity index is 234. The molecule has 2 N–H and O–H groups in total. The number of β-amino-alcohol motifs (C(OH)–C–C–N with tert-alkyl or cyclic N) is 1. The van der Waals surface area contributed by atoms with Gasteiger partial charge in [-0.2, -0.15) is 0 Å². The van der Waals surface area contributed by atoms with Crippen LogP contribution in [0.4, 0.5) is 0 Å². The van der Waals surface area contributed by atoms with E-state index in [0.29, 0.717) is 6.04 Å². The van der Waals surface area contributed by atoms with E-state index in [-0.39, 0.29) is 6.54 Å². The van der Waals surface area contributed by atoms with Gasteiger partial charge >= 0.3 is 5.97 Å². The minimum atomic E-state index is -1.23. The van der Waals surface area contributed by atoms with Crippen LogP contribution in [0.1, 0.15) is 6.42 Å². The molecule has 2 aliphatic heterocycles. The SMILES string of the molecule is O=C(O)C(O)CN1CCN2CCC1C2. The molecule has 0 spiro atoms. The van der Waals surface area contributed by atoms with Crippen molar-refractivity contribution in [1.29, 1.82) is 0 Å². The molecule has 2 bridgehead atoms. The number of hydrogen-bond acceptors (Lipinski definition) is 4. The third-order valence-electron chi connectivity index (χ3n) is 3.16. The van der Waals surface area contributed by atoms with Crippen LogP contribution in [-0.4, -0.2) is 70.9 Å². The standard InChI is InChI=1S/C9H16N2O3/c12-8(9(13)14)6-11-4-3-10-2-1-7(11)5-10/h7-8,12H,1-6H2,(H,13,14). The minimum absolute atomic E-state index is 0.272. The van der Waals surface area contributed by atoms with Gasteiger partial charge in [0.05, 0.1) is 0 Å². The van der Waals surface area contributed by atoms with Crippen LogP contribution in [0.25, 0.3) is 0 Å². The smallest absolute Gasteiger partial charge is 0.333 e. The summed E-state index contributed by atoms with van der Waals surface area (Å²) in [5, 5.41) is 17.8. The third kappa shape index (κ3) is 1.89. The summed E-state index contributed by atoms with van der Waals surface area (Å²) in [6.07, 6.45) is -0.131. The number of carboxylic acid groups (broad SMARTS) is 1. The zero-order valence-corrected chi connectivity index (χ0v) is 8.09. The highest BCUT2D eigenvalue weighted by Crippen LogP contribution is 2.20. The number of fused-ring (bicyclic) bond motifs is 2. The maximum absolute atomic E-state index is 10.5. The number of aliphatic carboxylic acids is 1. The Labute approximate surface area is 82.9 Å². The summed E-state index contributed by atoms with van der Waals surface area (Å²) in [5.74, 6) is -1.12. The molecule has 2 fully saturated rings.